The van der Waals surface area contributed by atoms with Crippen LogP contribution in [0.25, 0.3) is 0 Å². The van der Waals surface area contributed by atoms with E-state index in [4.69, 9.17) is 4.52 Å². The summed E-state index contributed by atoms with van der Waals surface area (Å²) >= 11 is 0. The molecule has 0 amide bonds. The molecule has 0 aliphatic carbocycles. The van der Waals surface area contributed by atoms with E-state index in [1.165, 1.54) is 22.5 Å². The van der Waals surface area contributed by atoms with Crippen molar-refractivity contribution in [2.24, 2.45) is 0 Å². The number of aromatic nitrogens is 2. The number of hydrogen-bond donors (Lipinski definition) is 0. The first-order valence-electron chi connectivity index (χ1n) is 7.14. The number of likely N-dealkylation sites (N-methyl/N-ethyl adjacent to an activating group) is 1. The van der Waals surface area contributed by atoms with Gasteiger partial charge in [-0.2, -0.15) is 9.29 Å². The SMILES string of the molecule is Cc1noc([C@H]2CN(S(=O)(=O)c3ccccc3F)CCN2C)n1. The van der Waals surface area contributed by atoms with Crippen LogP contribution in [-0.4, -0.2) is 54.4 Å². The molecule has 0 bridgehead atoms. The summed E-state index contributed by atoms with van der Waals surface area (Å²) in [4.78, 5) is 5.81. The van der Waals surface area contributed by atoms with Gasteiger partial charge in [0.2, 0.25) is 15.9 Å². The van der Waals surface area contributed by atoms with Crippen LogP contribution in [0, 0.1) is 12.7 Å². The third-order valence-corrected chi connectivity index (χ3v) is 5.79. The Kier molecular flexibility index (Phi) is 4.17. The molecule has 2 aromatic rings. The molecular formula is C14H17FN4O3S. The van der Waals surface area contributed by atoms with Gasteiger partial charge in [0, 0.05) is 19.6 Å². The van der Waals surface area contributed by atoms with Crippen molar-refractivity contribution >= 4 is 10.0 Å². The average molecular weight is 340 g/mol. The Bertz CT molecular complexity index is 808. The van der Waals surface area contributed by atoms with E-state index >= 15 is 0 Å². The summed E-state index contributed by atoms with van der Waals surface area (Å²) in [5.74, 6) is 0.0949. The first-order chi connectivity index (χ1) is 10.9. The molecule has 7 nitrogen and oxygen atoms in total. The lowest BCUT2D eigenvalue weighted by atomic mass is 10.2. The highest BCUT2D eigenvalue weighted by molar-refractivity contribution is 7.89. The zero-order valence-corrected chi connectivity index (χ0v) is 13.6. The molecule has 1 atom stereocenters. The summed E-state index contributed by atoms with van der Waals surface area (Å²) in [6, 6.07) is 5.02. The molecule has 1 saturated heterocycles. The van der Waals surface area contributed by atoms with Crippen molar-refractivity contribution in [2.75, 3.05) is 26.7 Å². The Labute approximate surface area is 133 Å². The van der Waals surface area contributed by atoms with Crippen molar-refractivity contribution in [1.29, 1.82) is 0 Å². The molecule has 23 heavy (non-hydrogen) atoms. The van der Waals surface area contributed by atoms with Gasteiger partial charge in [-0.25, -0.2) is 12.8 Å². The Morgan fingerprint density at radius 1 is 1.30 bits per heavy atom. The number of sulfonamides is 1. The second-order valence-corrected chi connectivity index (χ2v) is 7.38. The van der Waals surface area contributed by atoms with Crippen molar-refractivity contribution < 1.29 is 17.3 Å². The maximum Gasteiger partial charge on any atom is 0.246 e. The predicted octanol–water partition coefficient (Wildman–Crippen LogP) is 1.19. The van der Waals surface area contributed by atoms with Gasteiger partial charge in [-0.1, -0.05) is 17.3 Å². The Morgan fingerprint density at radius 2 is 2.04 bits per heavy atom. The second-order valence-electron chi connectivity index (χ2n) is 5.47. The zero-order chi connectivity index (χ0) is 16.6. The third-order valence-electron chi connectivity index (χ3n) is 3.89. The lowest BCUT2D eigenvalue weighted by molar-refractivity contribution is 0.120. The van der Waals surface area contributed by atoms with E-state index in [-0.39, 0.29) is 24.0 Å². The van der Waals surface area contributed by atoms with Crippen molar-refractivity contribution in [1.82, 2.24) is 19.3 Å². The van der Waals surface area contributed by atoms with Gasteiger partial charge in [-0.05, 0) is 26.1 Å². The van der Waals surface area contributed by atoms with Crippen molar-refractivity contribution in [2.45, 2.75) is 17.9 Å². The van der Waals surface area contributed by atoms with E-state index in [0.717, 1.165) is 6.07 Å². The molecule has 9 heteroatoms. The normalized spacial score (nSPS) is 20.7. The Balaban J connectivity index is 1.90. The lowest BCUT2D eigenvalue weighted by Crippen LogP contribution is -2.49. The van der Waals surface area contributed by atoms with Crippen molar-refractivity contribution in [3.63, 3.8) is 0 Å². The monoisotopic (exact) mass is 340 g/mol. The molecule has 0 saturated carbocycles. The number of rotatable bonds is 3. The van der Waals surface area contributed by atoms with Crippen molar-refractivity contribution in [3.8, 4) is 0 Å². The molecule has 0 unspecified atom stereocenters. The van der Waals surface area contributed by atoms with E-state index in [2.05, 4.69) is 10.1 Å². The van der Waals surface area contributed by atoms with Gasteiger partial charge in [0.25, 0.3) is 0 Å². The van der Waals surface area contributed by atoms with E-state index in [9.17, 15) is 12.8 Å². The van der Waals surface area contributed by atoms with Crippen LogP contribution in [0.4, 0.5) is 4.39 Å². The van der Waals surface area contributed by atoms with Crippen LogP contribution in [0.2, 0.25) is 0 Å². The second kappa shape index (κ2) is 5.99. The molecule has 1 aliphatic rings. The summed E-state index contributed by atoms with van der Waals surface area (Å²) in [7, 11) is -2.05. The molecular weight excluding hydrogens is 323 g/mol. The summed E-state index contributed by atoms with van der Waals surface area (Å²) in [6.45, 7) is 2.59. The molecule has 1 aromatic carbocycles. The fourth-order valence-electron chi connectivity index (χ4n) is 2.58. The minimum Gasteiger partial charge on any atom is -0.338 e. The summed E-state index contributed by atoms with van der Waals surface area (Å²) < 4.78 is 45.7. The molecule has 124 valence electrons. The first-order valence-corrected chi connectivity index (χ1v) is 8.58. The number of piperazine rings is 1. The van der Waals surface area contributed by atoms with Crippen LogP contribution in [0.15, 0.2) is 33.7 Å². The van der Waals surface area contributed by atoms with Gasteiger partial charge < -0.3 is 4.52 Å². The van der Waals surface area contributed by atoms with Gasteiger partial charge in [0.15, 0.2) is 5.82 Å². The topological polar surface area (TPSA) is 79.5 Å². The summed E-state index contributed by atoms with van der Waals surface area (Å²) in [6.07, 6.45) is 0. The van der Waals surface area contributed by atoms with Gasteiger partial charge in [-0.3, -0.25) is 4.90 Å². The molecule has 0 radical (unpaired) electrons. The highest BCUT2D eigenvalue weighted by atomic mass is 32.2. The smallest absolute Gasteiger partial charge is 0.246 e. The minimum absolute atomic E-state index is 0.134. The van der Waals surface area contributed by atoms with E-state index in [1.807, 2.05) is 11.9 Å². The highest BCUT2D eigenvalue weighted by Gasteiger charge is 2.36. The van der Waals surface area contributed by atoms with Crippen LogP contribution in [0.5, 0.6) is 0 Å². The van der Waals surface area contributed by atoms with E-state index in [1.54, 1.807) is 6.92 Å². The molecule has 0 N–H and O–H groups in total. The van der Waals surface area contributed by atoms with Gasteiger partial charge in [0.1, 0.15) is 16.8 Å². The number of halogens is 1. The number of nitrogens with zero attached hydrogens (tertiary/aromatic N) is 4. The van der Waals surface area contributed by atoms with Crippen molar-refractivity contribution in [3.05, 3.63) is 41.8 Å². The van der Waals surface area contributed by atoms with Crippen LogP contribution in [0.1, 0.15) is 17.8 Å². The quantitative estimate of drug-likeness (QED) is 0.835. The number of benzene rings is 1. The van der Waals surface area contributed by atoms with E-state index in [0.29, 0.717) is 18.3 Å². The molecule has 3 rings (SSSR count). The summed E-state index contributed by atoms with van der Waals surface area (Å²) in [5.41, 5.74) is 0. The van der Waals surface area contributed by atoms with Crippen LogP contribution in [-0.2, 0) is 10.0 Å². The Hall–Kier alpha value is -1.84. The summed E-state index contributed by atoms with van der Waals surface area (Å²) in [5, 5.41) is 3.75. The maximum atomic E-state index is 13.9. The largest absolute Gasteiger partial charge is 0.338 e. The van der Waals surface area contributed by atoms with Gasteiger partial charge >= 0.3 is 0 Å². The molecule has 1 fully saturated rings. The molecule has 1 aliphatic heterocycles. The highest BCUT2D eigenvalue weighted by Crippen LogP contribution is 2.27. The fraction of sp³-hybridized carbons (Fsp3) is 0.429. The van der Waals surface area contributed by atoms with Crippen LogP contribution < -0.4 is 0 Å². The zero-order valence-electron chi connectivity index (χ0n) is 12.8. The molecule has 2 heterocycles. The Morgan fingerprint density at radius 3 is 2.70 bits per heavy atom. The fourth-order valence-corrected chi connectivity index (χ4v) is 4.08. The first kappa shape index (κ1) is 16.0. The minimum atomic E-state index is -3.91. The maximum absolute atomic E-state index is 13.9. The average Bonchev–Trinajstić information content (AvgIpc) is 2.94. The third kappa shape index (κ3) is 2.99. The lowest BCUT2D eigenvalue weighted by Gasteiger charge is -2.36. The van der Waals surface area contributed by atoms with Gasteiger partial charge in [0.05, 0.1) is 0 Å². The predicted molar refractivity (Wildman–Crippen MR) is 79.6 cm³/mol. The molecule has 1 aromatic heterocycles. The van der Waals surface area contributed by atoms with Crippen LogP contribution in [0.3, 0.4) is 0 Å². The number of aryl methyl sites for hydroxylation is 1. The molecule has 0 spiro atoms. The standard InChI is InChI=1S/C14H17FN4O3S/c1-10-16-14(22-17-10)12-9-19(8-7-18(12)2)23(20,21)13-6-4-3-5-11(13)15/h3-6,12H,7-9H2,1-2H3/t12-/m1/s1. The number of hydrogen-bond acceptors (Lipinski definition) is 6. The van der Waals surface area contributed by atoms with Gasteiger partial charge in [-0.15, -0.1) is 0 Å². The van der Waals surface area contributed by atoms with Crippen LogP contribution >= 0.6 is 0 Å². The van der Waals surface area contributed by atoms with E-state index < -0.39 is 15.8 Å².